The number of rotatable bonds is 12. The molecule has 0 heterocycles. The van der Waals surface area contributed by atoms with Crippen LogP contribution in [0, 0.1) is 0 Å². The van der Waals surface area contributed by atoms with Crippen molar-refractivity contribution in [3.8, 4) is 84.0 Å². The molecule has 0 aliphatic carbocycles. The lowest BCUT2D eigenvalue weighted by Crippen LogP contribution is -2.07. The van der Waals surface area contributed by atoms with Crippen LogP contribution >= 0.6 is 7.82 Å². The van der Waals surface area contributed by atoms with E-state index in [2.05, 4.69) is 72.8 Å². The molecular weight excluding hydrogens is 744 g/mol. The molecule has 0 radical (unpaired) electrons. The number of benzene rings is 9. The minimum Gasteiger partial charge on any atom is -0.386 e. The molecule has 5 heteroatoms. The van der Waals surface area contributed by atoms with Gasteiger partial charge in [-0.1, -0.05) is 200 Å². The number of hydrogen-bond acceptors (Lipinski definition) is 4. The second-order valence-electron chi connectivity index (χ2n) is 14.0. The van der Waals surface area contributed by atoms with Crippen LogP contribution in [-0.4, -0.2) is 0 Å². The molecule has 0 aliphatic heterocycles. The largest absolute Gasteiger partial charge is 0.647 e. The van der Waals surface area contributed by atoms with Gasteiger partial charge in [0.2, 0.25) is 0 Å². The van der Waals surface area contributed by atoms with Gasteiger partial charge in [0, 0.05) is 0 Å². The highest BCUT2D eigenvalue weighted by Gasteiger charge is 2.33. The summed E-state index contributed by atoms with van der Waals surface area (Å²) < 4.78 is 33.5. The molecule has 0 spiro atoms. The van der Waals surface area contributed by atoms with E-state index in [0.717, 1.165) is 66.8 Å². The van der Waals surface area contributed by atoms with Crippen LogP contribution in [0.1, 0.15) is 0 Å². The maximum absolute atomic E-state index is 14.8. The first kappa shape index (κ1) is 37.2. The summed E-state index contributed by atoms with van der Waals surface area (Å²) >= 11 is 0. The van der Waals surface area contributed by atoms with Crippen LogP contribution in [0.3, 0.4) is 0 Å². The van der Waals surface area contributed by atoms with E-state index in [-0.39, 0.29) is 0 Å². The third kappa shape index (κ3) is 8.50. The lowest BCUT2D eigenvalue weighted by atomic mass is 9.95. The maximum atomic E-state index is 14.8. The van der Waals surface area contributed by atoms with Gasteiger partial charge in [-0.2, -0.15) is 4.57 Å². The molecule has 4 nitrogen and oxygen atoms in total. The van der Waals surface area contributed by atoms with Gasteiger partial charge in [0.1, 0.15) is 17.2 Å². The van der Waals surface area contributed by atoms with E-state index in [9.17, 15) is 4.57 Å². The molecule has 0 aliphatic rings. The number of hydrogen-bond donors (Lipinski definition) is 0. The fourth-order valence-electron chi connectivity index (χ4n) is 7.34. The zero-order chi connectivity index (χ0) is 39.9. The Morgan fingerprint density at radius 3 is 0.627 bits per heavy atom. The molecule has 284 valence electrons. The van der Waals surface area contributed by atoms with Gasteiger partial charge in [0.15, 0.2) is 0 Å². The molecule has 0 atom stereocenters. The second kappa shape index (κ2) is 17.0. The van der Waals surface area contributed by atoms with Crippen LogP contribution in [0.5, 0.6) is 17.2 Å². The SMILES string of the molecule is O=P(Oc1ccc(-c2ccccc2-c2ccccc2)cc1)(Oc1ccc(-c2ccccc2-c2ccccc2)cc1)Oc1ccc(-c2ccccc2-c2ccccc2)cc1. The van der Waals surface area contributed by atoms with E-state index in [1.807, 2.05) is 127 Å². The topological polar surface area (TPSA) is 44.8 Å². The minimum atomic E-state index is -4.32. The Balaban J connectivity index is 1.01. The third-order valence-electron chi connectivity index (χ3n) is 10.2. The molecule has 9 rings (SSSR count). The fourth-order valence-corrected chi connectivity index (χ4v) is 8.59. The number of phosphoric acid groups is 1. The fraction of sp³-hybridized carbons (Fsp3) is 0. The Morgan fingerprint density at radius 2 is 0.407 bits per heavy atom. The Morgan fingerprint density at radius 1 is 0.220 bits per heavy atom. The smallest absolute Gasteiger partial charge is 0.386 e. The van der Waals surface area contributed by atoms with Crippen molar-refractivity contribution < 1.29 is 18.1 Å². The van der Waals surface area contributed by atoms with Crippen molar-refractivity contribution in [2.45, 2.75) is 0 Å². The molecule has 0 saturated heterocycles. The van der Waals surface area contributed by atoms with Crippen molar-refractivity contribution in [3.05, 3.63) is 237 Å². The predicted octanol–water partition coefficient (Wildman–Crippen LogP) is 15.3. The van der Waals surface area contributed by atoms with Gasteiger partial charge in [-0.15, -0.1) is 0 Å². The molecule has 0 aromatic heterocycles. The molecule has 0 N–H and O–H groups in total. The molecule has 0 amide bonds. The highest BCUT2D eigenvalue weighted by atomic mass is 31.2. The zero-order valence-electron chi connectivity index (χ0n) is 32.1. The van der Waals surface area contributed by atoms with Crippen molar-refractivity contribution in [1.29, 1.82) is 0 Å². The van der Waals surface area contributed by atoms with E-state index < -0.39 is 7.82 Å². The van der Waals surface area contributed by atoms with Crippen LogP contribution in [0.2, 0.25) is 0 Å². The molecule has 0 fully saturated rings. The van der Waals surface area contributed by atoms with E-state index >= 15 is 0 Å². The van der Waals surface area contributed by atoms with Gasteiger partial charge >= 0.3 is 7.82 Å². The summed E-state index contributed by atoms with van der Waals surface area (Å²) in [5, 5.41) is 0. The number of phosphoric ester groups is 1. The average Bonchev–Trinajstić information content (AvgIpc) is 3.30. The summed E-state index contributed by atoms with van der Waals surface area (Å²) in [7, 11) is -4.32. The first-order valence-corrected chi connectivity index (χ1v) is 21.0. The van der Waals surface area contributed by atoms with Crippen LogP contribution < -0.4 is 13.6 Å². The molecular formula is C54H39O4P. The second-order valence-corrected chi connectivity index (χ2v) is 15.5. The predicted molar refractivity (Wildman–Crippen MR) is 241 cm³/mol. The Kier molecular flexibility index (Phi) is 10.7. The monoisotopic (exact) mass is 782 g/mol. The first-order valence-electron chi connectivity index (χ1n) is 19.5. The summed E-state index contributed by atoms with van der Waals surface area (Å²) in [4.78, 5) is 0. The van der Waals surface area contributed by atoms with Crippen LogP contribution in [-0.2, 0) is 4.57 Å². The molecule has 59 heavy (non-hydrogen) atoms. The Bertz CT molecular complexity index is 2530. The summed E-state index contributed by atoms with van der Waals surface area (Å²) in [6, 6.07) is 78.2. The zero-order valence-corrected chi connectivity index (χ0v) is 33.0. The summed E-state index contributed by atoms with van der Waals surface area (Å²) in [6.45, 7) is 0. The van der Waals surface area contributed by atoms with Gasteiger partial charge in [-0.3, -0.25) is 0 Å². The van der Waals surface area contributed by atoms with E-state index in [1.54, 1.807) is 36.4 Å². The molecule has 9 aromatic rings. The van der Waals surface area contributed by atoms with Crippen molar-refractivity contribution >= 4 is 7.82 Å². The van der Waals surface area contributed by atoms with Crippen molar-refractivity contribution in [2.75, 3.05) is 0 Å². The van der Waals surface area contributed by atoms with Crippen molar-refractivity contribution in [3.63, 3.8) is 0 Å². The van der Waals surface area contributed by atoms with E-state index in [4.69, 9.17) is 13.6 Å². The lowest BCUT2D eigenvalue weighted by molar-refractivity contribution is 0.298. The highest BCUT2D eigenvalue weighted by molar-refractivity contribution is 7.49. The summed E-state index contributed by atoms with van der Waals surface area (Å²) in [6.07, 6.45) is 0. The maximum Gasteiger partial charge on any atom is 0.647 e. The van der Waals surface area contributed by atoms with Gasteiger partial charge in [0.25, 0.3) is 0 Å². The standard InChI is InChI=1S/C54H39O4P/c55-59(56-46-34-28-43(29-35-46)52-25-13-10-22-49(52)40-16-4-1-5-17-40,57-47-36-30-44(31-37-47)53-26-14-11-23-50(53)41-18-6-2-7-19-41)58-48-38-32-45(33-39-48)54-27-15-12-24-51(54)42-20-8-3-9-21-42/h1-39H. The summed E-state index contributed by atoms with van der Waals surface area (Å²) in [5.41, 5.74) is 12.9. The first-order chi connectivity index (χ1) is 29.1. The van der Waals surface area contributed by atoms with Gasteiger partial charge < -0.3 is 13.6 Å². The van der Waals surface area contributed by atoms with Crippen molar-refractivity contribution in [1.82, 2.24) is 0 Å². The van der Waals surface area contributed by atoms with Crippen molar-refractivity contribution in [2.24, 2.45) is 0 Å². The van der Waals surface area contributed by atoms with Crippen LogP contribution in [0.4, 0.5) is 0 Å². The van der Waals surface area contributed by atoms with E-state index in [0.29, 0.717) is 17.2 Å². The minimum absolute atomic E-state index is 0.344. The van der Waals surface area contributed by atoms with Crippen LogP contribution in [0.25, 0.3) is 66.8 Å². The Hall–Kier alpha value is -7.39. The van der Waals surface area contributed by atoms with Gasteiger partial charge in [-0.25, -0.2) is 0 Å². The van der Waals surface area contributed by atoms with Gasteiger partial charge in [-0.05, 0) is 103 Å². The lowest BCUT2D eigenvalue weighted by Gasteiger charge is -2.20. The molecule has 9 aromatic carbocycles. The highest BCUT2D eigenvalue weighted by Crippen LogP contribution is 2.51. The Labute approximate surface area is 345 Å². The van der Waals surface area contributed by atoms with Gasteiger partial charge in [0.05, 0.1) is 0 Å². The van der Waals surface area contributed by atoms with Crippen LogP contribution in [0.15, 0.2) is 237 Å². The van der Waals surface area contributed by atoms with E-state index in [1.165, 1.54) is 0 Å². The molecule has 0 saturated carbocycles. The quantitative estimate of drug-likeness (QED) is 0.116. The normalized spacial score (nSPS) is 11.1. The summed E-state index contributed by atoms with van der Waals surface area (Å²) in [5.74, 6) is 1.03. The molecule has 0 bridgehead atoms. The average molecular weight is 783 g/mol. The molecule has 0 unspecified atom stereocenters. The third-order valence-corrected chi connectivity index (χ3v) is 11.5.